The molecule has 13 nitrogen and oxygen atoms in total. The molecule has 0 radical (unpaired) electrons. The van der Waals surface area contributed by atoms with Gasteiger partial charge < -0.3 is 24.1 Å². The maximum absolute atomic E-state index is 12.8. The van der Waals surface area contributed by atoms with E-state index in [9.17, 15) is 35.4 Å². The van der Waals surface area contributed by atoms with Crippen molar-refractivity contribution in [1.29, 1.82) is 5.26 Å². The second-order valence-corrected chi connectivity index (χ2v) is 8.35. The Bertz CT molecular complexity index is 1200. The van der Waals surface area contributed by atoms with Crippen LogP contribution < -0.4 is 10.3 Å². The van der Waals surface area contributed by atoms with Gasteiger partial charge in [-0.1, -0.05) is 6.07 Å². The van der Waals surface area contributed by atoms with Crippen LogP contribution in [0, 0.1) is 31.6 Å². The third kappa shape index (κ3) is 5.07. The lowest BCUT2D eigenvalue weighted by Crippen LogP contribution is -2.52. The van der Waals surface area contributed by atoms with Crippen molar-refractivity contribution in [2.24, 2.45) is 0 Å². The van der Waals surface area contributed by atoms with Crippen molar-refractivity contribution in [3.05, 3.63) is 83.8 Å². The summed E-state index contributed by atoms with van der Waals surface area (Å²) in [6, 6.07) is 8.33. The molecule has 1 aromatic heterocycles. The van der Waals surface area contributed by atoms with Gasteiger partial charge in [0.15, 0.2) is 0 Å². The number of aromatic nitrogens is 1. The number of aliphatic hydroxyl groups excluding tert-OH is 1. The van der Waals surface area contributed by atoms with Gasteiger partial charge in [-0.2, -0.15) is 5.26 Å². The monoisotopic (exact) mass is 474 g/mol. The standard InChI is InChI=1S/C21H22N4O9/c1-12(33-24(28)29)17(34-25(30)31)9-14-5-7-18(26)23(11-14)19-15-8-13(10-22)4-6-16(15)32-21(2,3)20(19)27/h4-8,11-12,17,19-20,27H,9H2,1-3H3. The van der Waals surface area contributed by atoms with Crippen LogP contribution in [-0.2, 0) is 16.1 Å². The van der Waals surface area contributed by atoms with E-state index in [1.54, 1.807) is 26.0 Å². The number of hydrogen-bond acceptors (Lipinski definition) is 10. The molecule has 2 aromatic rings. The molecule has 34 heavy (non-hydrogen) atoms. The fourth-order valence-corrected chi connectivity index (χ4v) is 3.86. The van der Waals surface area contributed by atoms with E-state index in [2.05, 4.69) is 9.68 Å². The molecule has 0 saturated carbocycles. The number of fused-ring (bicyclic) bond motifs is 1. The minimum absolute atomic E-state index is 0.204. The van der Waals surface area contributed by atoms with Gasteiger partial charge >= 0.3 is 0 Å². The van der Waals surface area contributed by atoms with Crippen molar-refractivity contribution in [1.82, 2.24) is 4.57 Å². The average molecular weight is 474 g/mol. The van der Waals surface area contributed by atoms with Gasteiger partial charge in [0, 0.05) is 24.2 Å². The second-order valence-electron chi connectivity index (χ2n) is 8.35. The minimum atomic E-state index is -1.35. The summed E-state index contributed by atoms with van der Waals surface area (Å²) in [5, 5.41) is 39.8. The van der Waals surface area contributed by atoms with Crippen molar-refractivity contribution in [2.45, 2.75) is 57.1 Å². The van der Waals surface area contributed by atoms with Crippen LogP contribution in [-0.4, -0.2) is 43.8 Å². The molecule has 2 heterocycles. The summed E-state index contributed by atoms with van der Waals surface area (Å²) in [6.07, 6.45) is -2.66. The number of nitrogens with zero attached hydrogens (tertiary/aromatic N) is 4. The molecule has 1 aliphatic rings. The van der Waals surface area contributed by atoms with E-state index in [1.807, 2.05) is 6.07 Å². The van der Waals surface area contributed by atoms with Crippen LogP contribution in [0.15, 0.2) is 41.3 Å². The summed E-state index contributed by atoms with van der Waals surface area (Å²) in [7, 11) is 0. The van der Waals surface area contributed by atoms with Crippen LogP contribution in [0.4, 0.5) is 0 Å². The first kappa shape index (κ1) is 24.5. The fourth-order valence-electron chi connectivity index (χ4n) is 3.86. The zero-order valence-electron chi connectivity index (χ0n) is 18.5. The summed E-state index contributed by atoms with van der Waals surface area (Å²) >= 11 is 0. The molecule has 0 aliphatic carbocycles. The number of benzene rings is 1. The number of pyridine rings is 1. The van der Waals surface area contributed by atoms with E-state index < -0.39 is 45.7 Å². The number of nitriles is 1. The Morgan fingerprint density at radius 1 is 1.24 bits per heavy atom. The first-order chi connectivity index (χ1) is 15.9. The van der Waals surface area contributed by atoms with Gasteiger partial charge in [0.25, 0.3) is 15.7 Å². The number of rotatable bonds is 8. The maximum Gasteiger partial charge on any atom is 0.294 e. The van der Waals surface area contributed by atoms with E-state index in [0.717, 1.165) is 0 Å². The van der Waals surface area contributed by atoms with Gasteiger partial charge in [0.05, 0.1) is 17.7 Å². The molecule has 4 unspecified atom stereocenters. The van der Waals surface area contributed by atoms with Crippen LogP contribution in [0.1, 0.15) is 43.5 Å². The number of ether oxygens (including phenoxy) is 1. The lowest BCUT2D eigenvalue weighted by molar-refractivity contribution is -0.798. The zero-order valence-corrected chi connectivity index (χ0v) is 18.5. The smallest absolute Gasteiger partial charge is 0.294 e. The molecule has 0 saturated heterocycles. The molecule has 13 heteroatoms. The van der Waals surface area contributed by atoms with Crippen molar-refractivity contribution in [3.8, 4) is 11.8 Å². The van der Waals surface area contributed by atoms with Gasteiger partial charge in [-0.25, -0.2) is 0 Å². The maximum atomic E-state index is 12.8. The molecule has 1 N–H and O–H groups in total. The van der Waals surface area contributed by atoms with Gasteiger partial charge in [-0.3, -0.25) is 4.79 Å². The Kier molecular flexibility index (Phi) is 6.73. The molecule has 0 bridgehead atoms. The van der Waals surface area contributed by atoms with E-state index >= 15 is 0 Å². The zero-order chi connectivity index (χ0) is 25.2. The SMILES string of the molecule is CC(O[N+](=O)[O-])C(Cc1ccc(=O)n(C2c3cc(C#N)ccc3OC(C)(C)C2O)c1)O[N+](=O)[O-]. The topological polar surface area (TPSA) is 180 Å². The molecule has 0 spiro atoms. The van der Waals surface area contributed by atoms with Crippen LogP contribution in [0.3, 0.4) is 0 Å². The van der Waals surface area contributed by atoms with E-state index in [-0.39, 0.29) is 6.42 Å². The predicted molar refractivity (Wildman–Crippen MR) is 114 cm³/mol. The minimum Gasteiger partial charge on any atom is -0.485 e. The Balaban J connectivity index is 2.06. The largest absolute Gasteiger partial charge is 0.485 e. The molecular weight excluding hydrogens is 452 g/mol. The molecule has 3 rings (SSSR count). The van der Waals surface area contributed by atoms with E-state index in [1.165, 1.54) is 35.9 Å². The van der Waals surface area contributed by atoms with Crippen molar-refractivity contribution >= 4 is 0 Å². The normalized spacial score (nSPS) is 20.1. The predicted octanol–water partition coefficient (Wildman–Crippen LogP) is 1.56. The third-order valence-electron chi connectivity index (χ3n) is 5.58. The fraction of sp³-hybridized carbons (Fsp3) is 0.429. The summed E-state index contributed by atoms with van der Waals surface area (Å²) in [5.41, 5.74) is -0.506. The van der Waals surface area contributed by atoms with Crippen LogP contribution in [0.5, 0.6) is 5.75 Å². The highest BCUT2D eigenvalue weighted by Gasteiger charge is 2.44. The van der Waals surface area contributed by atoms with Crippen molar-refractivity contribution < 1.29 is 29.7 Å². The molecule has 0 fully saturated rings. The quantitative estimate of drug-likeness (QED) is 0.435. The summed E-state index contributed by atoms with van der Waals surface area (Å²) in [5.74, 6) is 0.388. The van der Waals surface area contributed by atoms with E-state index in [4.69, 9.17) is 4.74 Å². The van der Waals surface area contributed by atoms with Gasteiger partial charge in [-0.15, -0.1) is 20.2 Å². The first-order valence-electron chi connectivity index (χ1n) is 10.2. The molecular formula is C21H22N4O9. The Morgan fingerprint density at radius 2 is 1.91 bits per heavy atom. The molecule has 1 aromatic carbocycles. The molecule has 0 amide bonds. The lowest BCUT2D eigenvalue weighted by Gasteiger charge is -2.42. The highest BCUT2D eigenvalue weighted by Crippen LogP contribution is 2.41. The highest BCUT2D eigenvalue weighted by atomic mass is 17.0. The number of aliphatic hydroxyl groups is 1. The summed E-state index contributed by atoms with van der Waals surface area (Å²) in [6.45, 7) is 4.55. The van der Waals surface area contributed by atoms with Gasteiger partial charge in [0.1, 0.15) is 29.7 Å². The Hall–Kier alpha value is -4.18. The summed E-state index contributed by atoms with van der Waals surface area (Å²) < 4.78 is 7.12. The Morgan fingerprint density at radius 3 is 2.53 bits per heavy atom. The van der Waals surface area contributed by atoms with Crippen LogP contribution >= 0.6 is 0 Å². The van der Waals surface area contributed by atoms with E-state index in [0.29, 0.717) is 22.4 Å². The molecule has 1 aliphatic heterocycles. The molecule has 4 atom stereocenters. The highest BCUT2D eigenvalue weighted by molar-refractivity contribution is 5.47. The summed E-state index contributed by atoms with van der Waals surface area (Å²) in [4.78, 5) is 43.4. The van der Waals surface area contributed by atoms with Crippen LogP contribution in [0.25, 0.3) is 0 Å². The van der Waals surface area contributed by atoms with Crippen molar-refractivity contribution in [2.75, 3.05) is 0 Å². The van der Waals surface area contributed by atoms with Crippen molar-refractivity contribution in [3.63, 3.8) is 0 Å². The molecule has 180 valence electrons. The van der Waals surface area contributed by atoms with Gasteiger partial charge in [-0.05, 0) is 44.5 Å². The number of hydrogen-bond donors (Lipinski definition) is 1. The first-order valence-corrected chi connectivity index (χ1v) is 10.2. The average Bonchev–Trinajstić information content (AvgIpc) is 2.74. The van der Waals surface area contributed by atoms with Crippen LogP contribution in [0.2, 0.25) is 0 Å². The van der Waals surface area contributed by atoms with Gasteiger partial charge in [0.2, 0.25) is 0 Å². The third-order valence-corrected chi connectivity index (χ3v) is 5.58. The second kappa shape index (κ2) is 9.36. The lowest BCUT2D eigenvalue weighted by atomic mass is 9.85. The Labute approximate surface area is 192 Å².